The van der Waals surface area contributed by atoms with Crippen LogP contribution in [0.3, 0.4) is 0 Å². The number of carbonyl (C=O) groups is 2. The summed E-state index contributed by atoms with van der Waals surface area (Å²) in [4.78, 5) is 29.1. The molecule has 5 nitrogen and oxygen atoms in total. The van der Waals surface area contributed by atoms with Crippen LogP contribution in [0.5, 0.6) is 0 Å². The largest absolute Gasteiger partial charge is 0.416 e. The van der Waals surface area contributed by atoms with Crippen LogP contribution in [0.1, 0.15) is 12.5 Å². The zero-order valence-corrected chi connectivity index (χ0v) is 14.8. The van der Waals surface area contributed by atoms with Gasteiger partial charge >= 0.3 is 6.18 Å². The van der Waals surface area contributed by atoms with Crippen molar-refractivity contribution in [2.45, 2.75) is 13.1 Å². The number of halogens is 4. The quantitative estimate of drug-likeness (QED) is 0.793. The van der Waals surface area contributed by atoms with Crippen LogP contribution in [0.4, 0.5) is 18.9 Å². The number of alkyl halides is 3. The second-order valence-electron chi connectivity index (χ2n) is 6.25. The Morgan fingerprint density at radius 3 is 2.38 bits per heavy atom. The fraction of sp³-hybridized carbons (Fsp3) is 0.412. The minimum Gasteiger partial charge on any atom is -0.354 e. The molecule has 140 valence electrons. The second kappa shape index (κ2) is 6.92. The summed E-state index contributed by atoms with van der Waals surface area (Å²) in [6.07, 6.45) is -4.57. The predicted octanol–water partition coefficient (Wildman–Crippen LogP) is 1.25. The SMILES string of the molecule is CC[NH+]1CCN(C2=C(Cl)C(=O)N(c3cccc(C(F)(F)F)c3)C2=O)CC1. The van der Waals surface area contributed by atoms with Crippen molar-refractivity contribution < 1.29 is 27.7 Å². The Hall–Kier alpha value is -2.06. The topological polar surface area (TPSA) is 45.1 Å². The third kappa shape index (κ3) is 3.31. The fourth-order valence-corrected chi connectivity index (χ4v) is 3.51. The van der Waals surface area contributed by atoms with Crippen molar-refractivity contribution in [1.82, 2.24) is 4.90 Å². The van der Waals surface area contributed by atoms with Crippen molar-refractivity contribution in [2.24, 2.45) is 0 Å². The molecule has 26 heavy (non-hydrogen) atoms. The Morgan fingerprint density at radius 1 is 1.15 bits per heavy atom. The highest BCUT2D eigenvalue weighted by Crippen LogP contribution is 2.35. The van der Waals surface area contributed by atoms with Gasteiger partial charge in [-0.05, 0) is 25.1 Å². The number of amides is 2. The molecule has 2 aliphatic rings. The van der Waals surface area contributed by atoms with Crippen LogP contribution >= 0.6 is 11.6 Å². The van der Waals surface area contributed by atoms with Crippen LogP contribution in [0, 0.1) is 0 Å². The van der Waals surface area contributed by atoms with Gasteiger partial charge < -0.3 is 9.80 Å². The average molecular weight is 389 g/mol. The number of hydrogen-bond acceptors (Lipinski definition) is 3. The van der Waals surface area contributed by atoms with Crippen molar-refractivity contribution in [3.05, 3.63) is 40.6 Å². The predicted molar refractivity (Wildman–Crippen MR) is 89.6 cm³/mol. The van der Waals surface area contributed by atoms with Gasteiger partial charge in [-0.3, -0.25) is 9.59 Å². The molecule has 0 atom stereocenters. The molecule has 0 saturated carbocycles. The van der Waals surface area contributed by atoms with Gasteiger partial charge in [-0.15, -0.1) is 0 Å². The third-order valence-electron chi connectivity index (χ3n) is 4.72. The van der Waals surface area contributed by atoms with Crippen LogP contribution in [0.15, 0.2) is 35.0 Å². The maximum atomic E-state index is 12.9. The second-order valence-corrected chi connectivity index (χ2v) is 6.62. The van der Waals surface area contributed by atoms with E-state index in [9.17, 15) is 22.8 Å². The lowest BCUT2D eigenvalue weighted by atomic mass is 10.2. The van der Waals surface area contributed by atoms with Crippen LogP contribution in [-0.4, -0.2) is 49.4 Å². The van der Waals surface area contributed by atoms with Gasteiger partial charge in [0.25, 0.3) is 11.8 Å². The Bertz CT molecular complexity index is 771. The van der Waals surface area contributed by atoms with E-state index in [4.69, 9.17) is 11.6 Å². The third-order valence-corrected chi connectivity index (χ3v) is 5.06. The first kappa shape index (κ1) is 18.7. The first-order chi connectivity index (χ1) is 12.2. The van der Waals surface area contributed by atoms with E-state index in [0.29, 0.717) is 18.0 Å². The number of benzene rings is 1. The summed E-state index contributed by atoms with van der Waals surface area (Å²) in [6.45, 7) is 5.75. The molecule has 3 rings (SSSR count). The fourth-order valence-electron chi connectivity index (χ4n) is 3.22. The van der Waals surface area contributed by atoms with Crippen molar-refractivity contribution in [2.75, 3.05) is 37.6 Å². The Morgan fingerprint density at radius 2 is 1.81 bits per heavy atom. The number of hydrogen-bond donors (Lipinski definition) is 1. The Labute approximate surface area is 153 Å². The molecule has 0 unspecified atom stereocenters. The molecule has 2 amide bonds. The average Bonchev–Trinajstić information content (AvgIpc) is 2.84. The van der Waals surface area contributed by atoms with E-state index in [1.54, 1.807) is 4.90 Å². The number of anilines is 1. The van der Waals surface area contributed by atoms with E-state index < -0.39 is 23.6 Å². The van der Waals surface area contributed by atoms with E-state index in [-0.39, 0.29) is 16.4 Å². The van der Waals surface area contributed by atoms with Gasteiger partial charge in [0.2, 0.25) is 0 Å². The molecular weight excluding hydrogens is 371 g/mol. The van der Waals surface area contributed by atoms with E-state index in [1.165, 1.54) is 11.0 Å². The number of nitrogens with zero attached hydrogens (tertiary/aromatic N) is 2. The lowest BCUT2D eigenvalue weighted by Gasteiger charge is -2.33. The molecule has 1 N–H and O–H groups in total. The van der Waals surface area contributed by atoms with Crippen LogP contribution < -0.4 is 9.80 Å². The van der Waals surface area contributed by atoms with Gasteiger partial charge in [0, 0.05) is 0 Å². The van der Waals surface area contributed by atoms with Crippen LogP contribution in [-0.2, 0) is 15.8 Å². The summed E-state index contributed by atoms with van der Waals surface area (Å²) >= 11 is 6.10. The number of quaternary nitrogens is 1. The smallest absolute Gasteiger partial charge is 0.354 e. The van der Waals surface area contributed by atoms with Gasteiger partial charge in [-0.2, -0.15) is 13.2 Å². The summed E-state index contributed by atoms with van der Waals surface area (Å²) in [5.74, 6) is -1.48. The standard InChI is InChI=1S/C17H17ClF3N3O2/c1-2-22-6-8-23(9-7-22)14-13(18)15(25)24(16(14)26)12-5-3-4-11(10-12)17(19,20)21/h3-5,10H,2,6-9H2,1H3/p+1. The summed E-state index contributed by atoms with van der Waals surface area (Å²) in [7, 11) is 0. The van der Waals surface area contributed by atoms with E-state index >= 15 is 0 Å². The molecule has 0 bridgehead atoms. The first-order valence-corrected chi connectivity index (χ1v) is 8.66. The van der Waals surface area contributed by atoms with Gasteiger partial charge in [0.05, 0.1) is 44.0 Å². The molecule has 0 spiro atoms. The van der Waals surface area contributed by atoms with Gasteiger partial charge in [0.15, 0.2) is 0 Å². The Kier molecular flexibility index (Phi) is 4.98. The number of nitrogens with one attached hydrogen (secondary N) is 1. The van der Waals surface area contributed by atoms with Gasteiger partial charge in [-0.1, -0.05) is 17.7 Å². The van der Waals surface area contributed by atoms with E-state index in [2.05, 4.69) is 6.92 Å². The molecule has 1 aromatic carbocycles. The highest BCUT2D eigenvalue weighted by molar-refractivity contribution is 6.52. The van der Waals surface area contributed by atoms with Crippen molar-refractivity contribution >= 4 is 29.1 Å². The number of rotatable bonds is 3. The van der Waals surface area contributed by atoms with Crippen LogP contribution in [0.25, 0.3) is 0 Å². The number of likely N-dealkylation sites (N-methyl/N-ethyl adjacent to an activating group) is 1. The zero-order valence-electron chi connectivity index (χ0n) is 14.1. The summed E-state index contributed by atoms with van der Waals surface area (Å²) in [6, 6.07) is 4.12. The molecule has 2 heterocycles. The Balaban J connectivity index is 1.87. The van der Waals surface area contributed by atoms with Crippen molar-refractivity contribution in [3.8, 4) is 0 Å². The molecule has 1 aromatic rings. The first-order valence-electron chi connectivity index (χ1n) is 8.28. The van der Waals surface area contributed by atoms with Crippen LogP contribution in [0.2, 0.25) is 0 Å². The van der Waals surface area contributed by atoms with Crippen molar-refractivity contribution in [3.63, 3.8) is 0 Å². The number of carbonyl (C=O) groups excluding carboxylic acids is 2. The molecule has 0 aromatic heterocycles. The maximum absolute atomic E-state index is 12.9. The molecule has 9 heteroatoms. The van der Waals surface area contributed by atoms with E-state index in [0.717, 1.165) is 37.8 Å². The molecule has 0 radical (unpaired) electrons. The lowest BCUT2D eigenvalue weighted by molar-refractivity contribution is -0.902. The normalized spacial score (nSPS) is 19.7. The minimum atomic E-state index is -4.57. The van der Waals surface area contributed by atoms with Gasteiger partial charge in [0.1, 0.15) is 10.7 Å². The zero-order chi connectivity index (χ0) is 19.1. The highest BCUT2D eigenvalue weighted by Gasteiger charge is 2.43. The monoisotopic (exact) mass is 388 g/mol. The molecule has 1 saturated heterocycles. The molecular formula is C17H18ClF3N3O2+. The highest BCUT2D eigenvalue weighted by atomic mass is 35.5. The number of piperazine rings is 1. The molecule has 0 aliphatic carbocycles. The van der Waals surface area contributed by atoms with Crippen molar-refractivity contribution in [1.29, 1.82) is 0 Å². The summed E-state index contributed by atoms with van der Waals surface area (Å²) in [5.41, 5.74) is -0.995. The van der Waals surface area contributed by atoms with E-state index in [1.807, 2.05) is 0 Å². The maximum Gasteiger partial charge on any atom is 0.416 e. The van der Waals surface area contributed by atoms with Gasteiger partial charge in [-0.25, -0.2) is 4.90 Å². The molecule has 2 aliphatic heterocycles. The molecule has 1 fully saturated rings. The minimum absolute atomic E-state index is 0.0734. The lowest BCUT2D eigenvalue weighted by Crippen LogP contribution is -3.14. The number of imide groups is 1. The summed E-state index contributed by atoms with van der Waals surface area (Å²) in [5, 5.41) is -0.243. The summed E-state index contributed by atoms with van der Waals surface area (Å²) < 4.78 is 38.8.